The number of unbranched alkanes of at least 4 members (excludes halogenated alkanes) is 1. The summed E-state index contributed by atoms with van der Waals surface area (Å²) in [5.74, 6) is -2.34. The van der Waals surface area contributed by atoms with Gasteiger partial charge in [-0.3, -0.25) is 29.3 Å². The van der Waals surface area contributed by atoms with Crippen molar-refractivity contribution in [2.45, 2.75) is 88.2 Å². The zero-order chi connectivity index (χ0) is 48.6. The highest BCUT2D eigenvalue weighted by Gasteiger charge is 2.50. The van der Waals surface area contributed by atoms with Crippen LogP contribution >= 0.6 is 11.6 Å². The van der Waals surface area contributed by atoms with Gasteiger partial charge in [0.15, 0.2) is 23.0 Å². The van der Waals surface area contributed by atoms with Crippen LogP contribution in [0.25, 0.3) is 22.0 Å². The number of carbonyl (C=O) groups is 4. The van der Waals surface area contributed by atoms with Crippen molar-refractivity contribution >= 4 is 52.1 Å². The number of nitrogens with two attached hydrogens (primary N) is 1. The molecule has 14 nitrogen and oxygen atoms in total. The molecule has 4 aromatic carbocycles. The molecule has 17 heteroatoms. The minimum Gasteiger partial charge on any atom is -0.494 e. The summed E-state index contributed by atoms with van der Waals surface area (Å²) < 4.78 is 45.7. The number of fused-ring (bicyclic) bond motifs is 2. The predicted molar refractivity (Wildman–Crippen MR) is 260 cm³/mol. The molecule has 364 valence electrons. The van der Waals surface area contributed by atoms with E-state index in [9.17, 15) is 19.2 Å². The van der Waals surface area contributed by atoms with Gasteiger partial charge in [-0.2, -0.15) is 5.10 Å². The molecule has 4 heterocycles. The van der Waals surface area contributed by atoms with E-state index in [-0.39, 0.29) is 63.4 Å². The van der Waals surface area contributed by atoms with E-state index in [1.54, 1.807) is 0 Å². The fraction of sp³-hybridized carbons (Fsp3) is 0.442. The van der Waals surface area contributed by atoms with Crippen LogP contribution in [0.1, 0.15) is 104 Å². The molecule has 0 spiro atoms. The van der Waals surface area contributed by atoms with Crippen LogP contribution in [0, 0.1) is 17.6 Å². The fourth-order valence-corrected chi connectivity index (χ4v) is 11.3. The van der Waals surface area contributed by atoms with E-state index in [4.69, 9.17) is 26.8 Å². The molecular formula is C52H59ClF2N8O6. The summed E-state index contributed by atoms with van der Waals surface area (Å²) in [6.07, 6.45) is 7.27. The van der Waals surface area contributed by atoms with Gasteiger partial charge in [0, 0.05) is 79.1 Å². The smallest absolute Gasteiger partial charge is 0.329 e. The number of nitrogens with zero attached hydrogens (tertiary/aromatic N) is 4. The number of benzene rings is 4. The minimum absolute atomic E-state index is 0.00462. The van der Waals surface area contributed by atoms with Gasteiger partial charge in [-0.1, -0.05) is 54.9 Å². The number of amides is 5. The molecule has 5 N–H and O–H groups in total. The molecule has 2 saturated heterocycles. The van der Waals surface area contributed by atoms with Gasteiger partial charge >= 0.3 is 6.03 Å². The standard InChI is InChI=1S/C52H59ClF2N8O6/c1-30-43-41(28-38(54)46(53)45(43)44-37(48(56)65)17-18-40(68-3)47(44)55)69-52(30,34-9-5-4-6-10-34)29-58-35-14-11-32(12-15-35)50(66)57-22-7-8-23-62-24-19-31(20-25-62)33-13-16-36-39(27-33)61(2)60-49(36)63-26-21-42(64)59-51(63)67/h4-6,9-10,13,16-18,27-28,30-32,35,58H,7-8,11-12,14-15,19-26,29H2,1-3H3,(H2,56,65)(H,57,66)(H,59,64,67). The average Bonchev–Trinajstić information content (AvgIpc) is 3.83. The van der Waals surface area contributed by atoms with Gasteiger partial charge in [-0.05, 0) is 112 Å². The van der Waals surface area contributed by atoms with Gasteiger partial charge in [-0.15, -0.1) is 0 Å². The molecule has 1 aromatic heterocycles. The van der Waals surface area contributed by atoms with E-state index in [1.165, 1.54) is 35.8 Å². The average molecular weight is 966 g/mol. The van der Waals surface area contributed by atoms with Gasteiger partial charge in [0.05, 0.1) is 23.2 Å². The van der Waals surface area contributed by atoms with Crippen molar-refractivity contribution in [3.05, 3.63) is 106 Å². The van der Waals surface area contributed by atoms with Crippen molar-refractivity contribution in [2.24, 2.45) is 18.7 Å². The first kappa shape index (κ1) is 47.9. The summed E-state index contributed by atoms with van der Waals surface area (Å²) in [7, 11) is 3.18. The molecule has 4 aliphatic rings. The molecule has 2 unspecified atom stereocenters. The van der Waals surface area contributed by atoms with Crippen molar-refractivity contribution in [2.75, 3.05) is 51.3 Å². The summed E-state index contributed by atoms with van der Waals surface area (Å²) in [6, 6.07) is 19.5. The number of primary amides is 1. The molecule has 9 rings (SSSR count). The minimum atomic E-state index is -1.07. The molecular weight excluding hydrogens is 906 g/mol. The Bertz CT molecular complexity index is 2770. The lowest BCUT2D eigenvalue weighted by Gasteiger charge is -2.37. The zero-order valence-electron chi connectivity index (χ0n) is 39.2. The number of ether oxygens (including phenoxy) is 2. The number of aromatic nitrogens is 2. The number of rotatable bonds is 15. The van der Waals surface area contributed by atoms with E-state index < -0.39 is 35.1 Å². The number of urea groups is 1. The predicted octanol–water partition coefficient (Wildman–Crippen LogP) is 8.04. The first-order valence-corrected chi connectivity index (χ1v) is 24.4. The number of aryl methyl sites for hydroxylation is 1. The van der Waals surface area contributed by atoms with E-state index in [2.05, 4.69) is 38.1 Å². The number of halogens is 3. The maximum Gasteiger partial charge on any atom is 0.329 e. The number of piperidine rings is 1. The Kier molecular flexibility index (Phi) is 14.0. The quantitative estimate of drug-likeness (QED) is 0.0758. The Hall–Kier alpha value is -6.10. The van der Waals surface area contributed by atoms with Gasteiger partial charge in [0.25, 0.3) is 0 Å². The number of hydrogen-bond donors (Lipinski definition) is 4. The van der Waals surface area contributed by atoms with Crippen LogP contribution in [-0.2, 0) is 22.2 Å². The third kappa shape index (κ3) is 9.38. The number of likely N-dealkylation sites (tertiary alicyclic amines) is 1. The third-order valence-corrected chi connectivity index (χ3v) is 15.3. The van der Waals surface area contributed by atoms with Crippen molar-refractivity contribution in [3.8, 4) is 22.6 Å². The summed E-state index contributed by atoms with van der Waals surface area (Å²) in [5, 5.41) is 14.5. The van der Waals surface area contributed by atoms with Gasteiger partial charge in [-0.25, -0.2) is 13.6 Å². The maximum atomic E-state index is 16.2. The summed E-state index contributed by atoms with van der Waals surface area (Å²) in [6.45, 7) is 6.19. The summed E-state index contributed by atoms with van der Waals surface area (Å²) in [4.78, 5) is 54.3. The van der Waals surface area contributed by atoms with Crippen molar-refractivity contribution in [3.63, 3.8) is 0 Å². The molecule has 5 amide bonds. The zero-order valence-corrected chi connectivity index (χ0v) is 40.0. The Morgan fingerprint density at radius 1 is 0.971 bits per heavy atom. The Balaban J connectivity index is 0.751. The van der Waals surface area contributed by atoms with E-state index >= 15 is 8.78 Å². The topological polar surface area (TPSA) is 173 Å². The summed E-state index contributed by atoms with van der Waals surface area (Å²) >= 11 is 6.68. The first-order valence-electron chi connectivity index (χ1n) is 24.0. The molecule has 69 heavy (non-hydrogen) atoms. The van der Waals surface area contributed by atoms with Gasteiger partial charge in [0.1, 0.15) is 11.6 Å². The Morgan fingerprint density at radius 2 is 1.72 bits per heavy atom. The second-order valence-corrected chi connectivity index (χ2v) is 19.3. The number of methoxy groups -OCH3 is 1. The molecule has 5 aromatic rings. The monoisotopic (exact) mass is 964 g/mol. The highest BCUT2D eigenvalue weighted by Crippen LogP contribution is 2.56. The van der Waals surface area contributed by atoms with Gasteiger partial charge < -0.3 is 30.7 Å². The van der Waals surface area contributed by atoms with Crippen molar-refractivity contribution in [1.29, 1.82) is 0 Å². The SMILES string of the molecule is COc1ccc(C(N)=O)c(-c2c(Cl)c(F)cc3c2C(C)C(CNC2CCC(C(=O)NCCCCN4CCC(c5ccc6c(N7CCC(=O)NC7=O)nn(C)c6c5)CC4)CC2)(c2ccccc2)O3)c1F. The largest absolute Gasteiger partial charge is 0.494 e. The lowest BCUT2D eigenvalue weighted by Crippen LogP contribution is -2.49. The number of nitrogens with one attached hydrogen (secondary N) is 3. The first-order chi connectivity index (χ1) is 33.3. The van der Waals surface area contributed by atoms with Crippen LogP contribution < -0.4 is 36.1 Å². The van der Waals surface area contributed by atoms with Crippen molar-refractivity contribution < 1.29 is 37.4 Å². The highest BCUT2D eigenvalue weighted by molar-refractivity contribution is 6.34. The van der Waals surface area contributed by atoms with Crippen LogP contribution in [0.15, 0.2) is 66.7 Å². The van der Waals surface area contributed by atoms with Crippen molar-refractivity contribution in [1.82, 2.24) is 30.6 Å². The van der Waals surface area contributed by atoms with E-state index in [1.807, 2.05) is 55.1 Å². The van der Waals surface area contributed by atoms with Gasteiger partial charge in [0.2, 0.25) is 17.7 Å². The molecule has 0 radical (unpaired) electrons. The lowest BCUT2D eigenvalue weighted by molar-refractivity contribution is -0.126. The molecule has 1 saturated carbocycles. The third-order valence-electron chi connectivity index (χ3n) is 14.9. The van der Waals surface area contributed by atoms with Crippen LogP contribution in [-0.4, -0.2) is 90.9 Å². The number of imide groups is 1. The number of hydrogen-bond acceptors (Lipinski definition) is 9. The molecule has 3 fully saturated rings. The van der Waals surface area contributed by atoms with Crippen LogP contribution in [0.4, 0.5) is 19.4 Å². The van der Waals surface area contributed by atoms with Crippen LogP contribution in [0.3, 0.4) is 0 Å². The van der Waals surface area contributed by atoms with Crippen LogP contribution in [0.2, 0.25) is 5.02 Å². The number of carbonyl (C=O) groups excluding carboxylic acids is 4. The number of anilines is 1. The molecule has 1 aliphatic carbocycles. The van der Waals surface area contributed by atoms with E-state index in [0.717, 1.165) is 87.5 Å². The molecule has 2 atom stereocenters. The Labute approximate surface area is 405 Å². The van der Waals surface area contributed by atoms with Crippen LogP contribution in [0.5, 0.6) is 11.5 Å². The maximum absolute atomic E-state index is 16.2. The lowest BCUT2D eigenvalue weighted by atomic mass is 9.77. The van der Waals surface area contributed by atoms with E-state index in [0.29, 0.717) is 36.9 Å². The normalized spacial score (nSPS) is 22.1. The second kappa shape index (κ2) is 20.1. The summed E-state index contributed by atoms with van der Waals surface area (Å²) in [5.41, 5.74) is 7.75. The fourth-order valence-electron chi connectivity index (χ4n) is 11.0. The Morgan fingerprint density at radius 3 is 2.43 bits per heavy atom. The molecule has 3 aliphatic heterocycles. The second-order valence-electron chi connectivity index (χ2n) is 18.9. The molecule has 0 bridgehead atoms. The highest BCUT2D eigenvalue weighted by atomic mass is 35.5.